The van der Waals surface area contributed by atoms with Gasteiger partial charge in [-0.2, -0.15) is 0 Å². The van der Waals surface area contributed by atoms with Crippen LogP contribution in [0.3, 0.4) is 0 Å². The van der Waals surface area contributed by atoms with Crippen LogP contribution in [0.1, 0.15) is 25.0 Å². The molecule has 0 fully saturated rings. The van der Waals surface area contributed by atoms with Crippen LogP contribution < -0.4 is 18.9 Å². The summed E-state index contributed by atoms with van der Waals surface area (Å²) in [4.78, 5) is 26.1. The first-order valence-electron chi connectivity index (χ1n) is 12.2. The Morgan fingerprint density at radius 1 is 0.615 bits per heavy atom. The van der Waals surface area contributed by atoms with Crippen LogP contribution in [0.2, 0.25) is 15.1 Å². The summed E-state index contributed by atoms with van der Waals surface area (Å²) in [6.07, 6.45) is -0.148. The molecule has 0 aliphatic heterocycles. The Morgan fingerprint density at radius 3 is 1.54 bits per heavy atom. The van der Waals surface area contributed by atoms with Crippen molar-refractivity contribution in [1.82, 2.24) is 0 Å². The Bertz CT molecular complexity index is 1520. The molecule has 0 aromatic heterocycles. The summed E-state index contributed by atoms with van der Waals surface area (Å²) in [5, 5.41) is 2.13. The largest absolute Gasteiger partial charge is 0.487 e. The number of halogens is 3. The van der Waals surface area contributed by atoms with Gasteiger partial charge < -0.3 is 18.9 Å². The molecule has 4 rings (SSSR count). The maximum absolute atomic E-state index is 13.1. The molecule has 0 unspecified atom stereocenters. The van der Waals surface area contributed by atoms with Crippen molar-refractivity contribution in [3.63, 3.8) is 0 Å². The fourth-order valence-electron chi connectivity index (χ4n) is 4.00. The smallest absolute Gasteiger partial charge is 0.315 e. The molecule has 0 N–H and O–H groups in total. The number of hydrogen-bond acceptors (Lipinski definition) is 6. The lowest BCUT2D eigenvalue weighted by Crippen LogP contribution is -2.16. The first kappa shape index (κ1) is 28.6. The van der Waals surface area contributed by atoms with Gasteiger partial charge in [0.25, 0.3) is 0 Å². The maximum atomic E-state index is 13.1. The lowest BCUT2D eigenvalue weighted by Gasteiger charge is -2.21. The lowest BCUT2D eigenvalue weighted by atomic mass is 10.1. The molecule has 6 nitrogen and oxygen atoms in total. The SMILES string of the molecule is CCOc1c(OCC)c(OC(=O)Cc2ccccc2Cl)c2cc(Cl)ccc2c1OC(=O)Cc1ccccc1Cl. The molecule has 0 aliphatic rings. The summed E-state index contributed by atoms with van der Waals surface area (Å²) in [7, 11) is 0. The monoisotopic (exact) mass is 586 g/mol. The topological polar surface area (TPSA) is 71.1 Å². The van der Waals surface area contributed by atoms with Crippen molar-refractivity contribution < 1.29 is 28.5 Å². The quantitative estimate of drug-likeness (QED) is 0.139. The van der Waals surface area contributed by atoms with Gasteiger partial charge in [0.2, 0.25) is 11.5 Å². The highest BCUT2D eigenvalue weighted by atomic mass is 35.5. The van der Waals surface area contributed by atoms with Crippen molar-refractivity contribution in [1.29, 1.82) is 0 Å². The number of hydrogen-bond donors (Lipinski definition) is 0. The van der Waals surface area contributed by atoms with E-state index in [1.54, 1.807) is 80.6 Å². The molecule has 0 saturated heterocycles. The van der Waals surface area contributed by atoms with Gasteiger partial charge in [-0.05, 0) is 55.3 Å². The van der Waals surface area contributed by atoms with Gasteiger partial charge in [0.1, 0.15) is 0 Å². The lowest BCUT2D eigenvalue weighted by molar-refractivity contribution is -0.134. The van der Waals surface area contributed by atoms with Gasteiger partial charge in [0.15, 0.2) is 11.5 Å². The third-order valence-electron chi connectivity index (χ3n) is 5.68. The molecule has 0 saturated carbocycles. The molecule has 0 radical (unpaired) electrons. The maximum Gasteiger partial charge on any atom is 0.315 e. The molecule has 4 aromatic rings. The number of esters is 2. The van der Waals surface area contributed by atoms with Crippen LogP contribution in [0.15, 0.2) is 66.7 Å². The minimum Gasteiger partial charge on any atom is -0.487 e. The van der Waals surface area contributed by atoms with Crippen molar-refractivity contribution in [2.75, 3.05) is 13.2 Å². The third-order valence-corrected chi connectivity index (χ3v) is 6.66. The minimum absolute atomic E-state index is 0.0706. The predicted molar refractivity (Wildman–Crippen MR) is 153 cm³/mol. The van der Waals surface area contributed by atoms with E-state index in [9.17, 15) is 9.59 Å². The van der Waals surface area contributed by atoms with Crippen LogP contribution in [-0.4, -0.2) is 25.2 Å². The van der Waals surface area contributed by atoms with E-state index in [0.29, 0.717) is 37.0 Å². The Labute approximate surface area is 241 Å². The number of benzene rings is 4. The van der Waals surface area contributed by atoms with Gasteiger partial charge >= 0.3 is 11.9 Å². The third kappa shape index (κ3) is 6.77. The first-order chi connectivity index (χ1) is 18.8. The number of ether oxygens (including phenoxy) is 4. The highest BCUT2D eigenvalue weighted by Crippen LogP contribution is 2.52. The second kappa shape index (κ2) is 13.1. The minimum atomic E-state index is -0.573. The number of fused-ring (bicyclic) bond motifs is 1. The average molecular weight is 588 g/mol. The molecular formula is C30H25Cl3O6. The van der Waals surface area contributed by atoms with Crippen LogP contribution in [0, 0.1) is 0 Å². The van der Waals surface area contributed by atoms with Crippen molar-refractivity contribution in [3.05, 3.63) is 92.9 Å². The predicted octanol–water partition coefficient (Wildman–Crippen LogP) is 7.89. The number of carbonyl (C=O) groups is 2. The van der Waals surface area contributed by atoms with E-state index >= 15 is 0 Å². The number of carbonyl (C=O) groups excluding carboxylic acids is 2. The fraction of sp³-hybridized carbons (Fsp3) is 0.200. The molecule has 0 spiro atoms. The molecule has 39 heavy (non-hydrogen) atoms. The molecule has 0 heterocycles. The van der Waals surface area contributed by atoms with E-state index in [0.717, 1.165) is 0 Å². The van der Waals surface area contributed by atoms with E-state index in [2.05, 4.69) is 0 Å². The van der Waals surface area contributed by atoms with Crippen LogP contribution in [0.4, 0.5) is 0 Å². The second-order valence-electron chi connectivity index (χ2n) is 8.36. The molecule has 4 aromatic carbocycles. The average Bonchev–Trinajstić information content (AvgIpc) is 2.90. The summed E-state index contributed by atoms with van der Waals surface area (Å²) in [6, 6.07) is 18.9. The van der Waals surface area contributed by atoms with Crippen LogP contribution in [0.25, 0.3) is 10.8 Å². The van der Waals surface area contributed by atoms with E-state index in [-0.39, 0.29) is 49.1 Å². The van der Waals surface area contributed by atoms with Crippen LogP contribution >= 0.6 is 34.8 Å². The molecule has 0 aliphatic carbocycles. The molecule has 202 valence electrons. The van der Waals surface area contributed by atoms with Crippen molar-refractivity contribution >= 4 is 57.5 Å². The van der Waals surface area contributed by atoms with Gasteiger partial charge in [-0.3, -0.25) is 9.59 Å². The van der Waals surface area contributed by atoms with E-state index in [1.807, 2.05) is 0 Å². The van der Waals surface area contributed by atoms with Gasteiger partial charge in [-0.1, -0.05) is 71.2 Å². The fourth-order valence-corrected chi connectivity index (χ4v) is 4.58. The zero-order valence-electron chi connectivity index (χ0n) is 21.3. The van der Waals surface area contributed by atoms with Gasteiger partial charge in [-0.15, -0.1) is 0 Å². The summed E-state index contributed by atoms with van der Waals surface area (Å²) in [5.41, 5.74) is 1.23. The van der Waals surface area contributed by atoms with Crippen molar-refractivity contribution in [3.8, 4) is 23.0 Å². The Hall–Kier alpha value is -3.45. The number of rotatable bonds is 10. The highest BCUT2D eigenvalue weighted by molar-refractivity contribution is 6.32. The van der Waals surface area contributed by atoms with E-state index < -0.39 is 11.9 Å². The zero-order chi connectivity index (χ0) is 27.9. The van der Waals surface area contributed by atoms with Gasteiger partial charge in [0, 0.05) is 25.8 Å². The van der Waals surface area contributed by atoms with E-state index in [4.69, 9.17) is 53.8 Å². The highest BCUT2D eigenvalue weighted by Gasteiger charge is 2.28. The summed E-state index contributed by atoms with van der Waals surface area (Å²) in [6.45, 7) is 3.99. The molecule has 0 atom stereocenters. The Balaban J connectivity index is 1.81. The molecular weight excluding hydrogens is 563 g/mol. The molecule has 0 amide bonds. The van der Waals surface area contributed by atoms with Gasteiger partial charge in [0.05, 0.1) is 26.1 Å². The van der Waals surface area contributed by atoms with Crippen molar-refractivity contribution in [2.45, 2.75) is 26.7 Å². The molecule has 9 heteroatoms. The standard InChI is InChI=1S/C30H25Cl3O6/c1-3-36-29-27(38-25(34)15-18-9-5-7-11-23(18)32)21-14-13-20(31)17-22(21)28(30(29)37-4-2)39-26(35)16-19-10-6-8-12-24(19)33/h5-14,17H,3-4,15-16H2,1-2H3. The first-order valence-corrected chi connectivity index (χ1v) is 13.4. The summed E-state index contributed by atoms with van der Waals surface area (Å²) < 4.78 is 23.6. The van der Waals surface area contributed by atoms with Crippen molar-refractivity contribution in [2.24, 2.45) is 0 Å². The normalized spacial score (nSPS) is 10.8. The summed E-state index contributed by atoms with van der Waals surface area (Å²) in [5.74, 6) is -0.678. The van der Waals surface area contributed by atoms with Crippen LogP contribution in [0.5, 0.6) is 23.0 Å². The van der Waals surface area contributed by atoms with E-state index in [1.165, 1.54) is 0 Å². The second-order valence-corrected chi connectivity index (χ2v) is 9.61. The Morgan fingerprint density at radius 2 is 1.08 bits per heavy atom. The van der Waals surface area contributed by atoms with Gasteiger partial charge in [-0.25, -0.2) is 0 Å². The molecule has 0 bridgehead atoms. The Kier molecular flexibility index (Phi) is 9.57. The van der Waals surface area contributed by atoms with Crippen LogP contribution in [-0.2, 0) is 22.4 Å². The zero-order valence-corrected chi connectivity index (χ0v) is 23.5. The summed E-state index contributed by atoms with van der Waals surface area (Å²) >= 11 is 18.8.